The Morgan fingerprint density at radius 1 is 1.33 bits per heavy atom. The van der Waals surface area contributed by atoms with Crippen LogP contribution in [0.4, 0.5) is 0 Å². The average Bonchev–Trinajstić information content (AvgIpc) is 2.82. The van der Waals surface area contributed by atoms with E-state index in [4.69, 9.17) is 0 Å². The normalized spacial score (nSPS) is 21.6. The Balaban J connectivity index is 2.30. The number of nitrogens with one attached hydrogen (secondary N) is 2. The summed E-state index contributed by atoms with van der Waals surface area (Å²) in [6.45, 7) is 8.65. The molecule has 2 amide bonds. The van der Waals surface area contributed by atoms with Gasteiger partial charge in [0.1, 0.15) is 0 Å². The third kappa shape index (κ3) is 4.29. The molecule has 0 saturated carbocycles. The quantitative estimate of drug-likeness (QED) is 0.703. The molecule has 0 spiro atoms. The number of likely N-dealkylation sites (N-methyl/N-ethyl adjacent to an activating group) is 1. The Hall–Kier alpha value is -1.10. The number of rotatable bonds is 5. The van der Waals surface area contributed by atoms with Crippen LogP contribution in [0.3, 0.4) is 0 Å². The van der Waals surface area contributed by atoms with E-state index in [2.05, 4.69) is 22.5 Å². The van der Waals surface area contributed by atoms with Crippen LogP contribution in [0.2, 0.25) is 0 Å². The molecule has 0 aliphatic carbocycles. The highest BCUT2D eigenvalue weighted by Gasteiger charge is 2.24. The number of carbonyl (C=O) groups is 2. The SMILES string of the molecule is CC[C@@H](C)NC(=O)C(=O)NC[C@@H]1CCCN1CC. The molecule has 1 aliphatic rings. The molecule has 5 nitrogen and oxygen atoms in total. The third-order valence-electron chi connectivity index (χ3n) is 3.60. The zero-order valence-electron chi connectivity index (χ0n) is 11.7. The monoisotopic (exact) mass is 255 g/mol. The summed E-state index contributed by atoms with van der Waals surface area (Å²) in [4.78, 5) is 25.5. The molecule has 0 aromatic carbocycles. The van der Waals surface area contributed by atoms with Gasteiger partial charge in [-0.05, 0) is 39.3 Å². The van der Waals surface area contributed by atoms with Crippen molar-refractivity contribution >= 4 is 11.8 Å². The van der Waals surface area contributed by atoms with Gasteiger partial charge in [-0.1, -0.05) is 13.8 Å². The van der Waals surface area contributed by atoms with Crippen molar-refractivity contribution in [2.75, 3.05) is 19.6 Å². The molecule has 0 aromatic heterocycles. The molecule has 0 unspecified atom stereocenters. The van der Waals surface area contributed by atoms with Gasteiger partial charge in [-0.15, -0.1) is 0 Å². The van der Waals surface area contributed by atoms with Gasteiger partial charge < -0.3 is 10.6 Å². The summed E-state index contributed by atoms with van der Waals surface area (Å²) in [7, 11) is 0. The fourth-order valence-corrected chi connectivity index (χ4v) is 2.22. The summed E-state index contributed by atoms with van der Waals surface area (Å²) in [6, 6.07) is 0.428. The predicted octanol–water partition coefficient (Wildman–Crippen LogP) is 0.502. The maximum atomic E-state index is 11.6. The highest BCUT2D eigenvalue weighted by atomic mass is 16.2. The number of carbonyl (C=O) groups excluding carboxylic acids is 2. The lowest BCUT2D eigenvalue weighted by molar-refractivity contribution is -0.139. The molecule has 0 bridgehead atoms. The van der Waals surface area contributed by atoms with Gasteiger partial charge in [0.05, 0.1) is 0 Å². The van der Waals surface area contributed by atoms with Crippen LogP contribution in [-0.2, 0) is 9.59 Å². The summed E-state index contributed by atoms with van der Waals surface area (Å²) < 4.78 is 0. The van der Waals surface area contributed by atoms with Crippen LogP contribution in [-0.4, -0.2) is 48.4 Å². The highest BCUT2D eigenvalue weighted by Crippen LogP contribution is 2.15. The van der Waals surface area contributed by atoms with Gasteiger partial charge in [0, 0.05) is 18.6 Å². The van der Waals surface area contributed by atoms with Gasteiger partial charge in [0.15, 0.2) is 0 Å². The van der Waals surface area contributed by atoms with Gasteiger partial charge in [-0.3, -0.25) is 14.5 Å². The lowest BCUT2D eigenvalue weighted by atomic mass is 10.2. The third-order valence-corrected chi connectivity index (χ3v) is 3.60. The van der Waals surface area contributed by atoms with Crippen LogP contribution in [0, 0.1) is 0 Å². The first-order chi connectivity index (χ1) is 8.58. The van der Waals surface area contributed by atoms with Crippen molar-refractivity contribution in [1.29, 1.82) is 0 Å². The smallest absolute Gasteiger partial charge is 0.309 e. The van der Waals surface area contributed by atoms with Crippen molar-refractivity contribution in [2.24, 2.45) is 0 Å². The molecule has 2 atom stereocenters. The average molecular weight is 255 g/mol. The summed E-state index contributed by atoms with van der Waals surface area (Å²) >= 11 is 0. The van der Waals surface area contributed by atoms with Gasteiger partial charge in [0.25, 0.3) is 0 Å². The van der Waals surface area contributed by atoms with Gasteiger partial charge in [-0.2, -0.15) is 0 Å². The highest BCUT2D eigenvalue weighted by molar-refractivity contribution is 6.35. The Morgan fingerprint density at radius 2 is 2.06 bits per heavy atom. The molecular weight excluding hydrogens is 230 g/mol. The molecule has 1 aliphatic heterocycles. The van der Waals surface area contributed by atoms with E-state index in [9.17, 15) is 9.59 Å². The van der Waals surface area contributed by atoms with Crippen LogP contribution in [0.1, 0.15) is 40.0 Å². The van der Waals surface area contributed by atoms with Crippen LogP contribution >= 0.6 is 0 Å². The van der Waals surface area contributed by atoms with E-state index in [1.165, 1.54) is 6.42 Å². The fraction of sp³-hybridized carbons (Fsp3) is 0.846. The molecule has 0 radical (unpaired) electrons. The van der Waals surface area contributed by atoms with E-state index in [1.54, 1.807) is 0 Å². The number of amides is 2. The Kier molecular flexibility index (Phi) is 6.12. The summed E-state index contributed by atoms with van der Waals surface area (Å²) in [5, 5.41) is 5.39. The van der Waals surface area contributed by atoms with Crippen molar-refractivity contribution in [3.05, 3.63) is 0 Å². The summed E-state index contributed by atoms with van der Waals surface area (Å²) in [5.74, 6) is -1.04. The maximum absolute atomic E-state index is 11.6. The number of likely N-dealkylation sites (tertiary alicyclic amines) is 1. The second kappa shape index (κ2) is 7.36. The lowest BCUT2D eigenvalue weighted by Gasteiger charge is -2.22. The van der Waals surface area contributed by atoms with Crippen LogP contribution in [0.25, 0.3) is 0 Å². The van der Waals surface area contributed by atoms with Crippen molar-refractivity contribution in [1.82, 2.24) is 15.5 Å². The minimum absolute atomic E-state index is 0.0434. The Bertz CT molecular complexity index is 294. The first-order valence-corrected chi connectivity index (χ1v) is 6.91. The predicted molar refractivity (Wildman–Crippen MR) is 71.2 cm³/mol. The second-order valence-corrected chi connectivity index (χ2v) is 4.92. The first kappa shape index (κ1) is 15.0. The van der Waals surface area contributed by atoms with E-state index >= 15 is 0 Å². The zero-order chi connectivity index (χ0) is 13.5. The Morgan fingerprint density at radius 3 is 2.67 bits per heavy atom. The molecule has 1 rings (SSSR count). The molecular formula is C13H25N3O2. The van der Waals surface area contributed by atoms with Crippen molar-refractivity contribution < 1.29 is 9.59 Å². The van der Waals surface area contributed by atoms with Gasteiger partial charge >= 0.3 is 11.8 Å². The number of hydrogen-bond acceptors (Lipinski definition) is 3. The van der Waals surface area contributed by atoms with E-state index < -0.39 is 11.8 Å². The van der Waals surface area contributed by atoms with E-state index in [0.29, 0.717) is 12.6 Å². The van der Waals surface area contributed by atoms with E-state index in [1.807, 2.05) is 13.8 Å². The minimum atomic E-state index is -0.523. The fourth-order valence-electron chi connectivity index (χ4n) is 2.22. The molecule has 1 heterocycles. The zero-order valence-corrected chi connectivity index (χ0v) is 11.7. The molecule has 1 fully saturated rings. The summed E-state index contributed by atoms with van der Waals surface area (Å²) in [5.41, 5.74) is 0. The topological polar surface area (TPSA) is 61.4 Å². The first-order valence-electron chi connectivity index (χ1n) is 6.91. The van der Waals surface area contributed by atoms with Gasteiger partial charge in [-0.25, -0.2) is 0 Å². The summed E-state index contributed by atoms with van der Waals surface area (Å²) in [6.07, 6.45) is 3.10. The molecule has 1 saturated heterocycles. The molecule has 2 N–H and O–H groups in total. The van der Waals surface area contributed by atoms with Crippen molar-refractivity contribution in [3.63, 3.8) is 0 Å². The van der Waals surface area contributed by atoms with E-state index in [-0.39, 0.29) is 6.04 Å². The number of nitrogens with zero attached hydrogens (tertiary/aromatic N) is 1. The Labute approximate surface area is 109 Å². The largest absolute Gasteiger partial charge is 0.346 e. The van der Waals surface area contributed by atoms with Crippen LogP contribution in [0.5, 0.6) is 0 Å². The standard InChI is InChI=1S/C13H25N3O2/c1-4-10(3)15-13(18)12(17)14-9-11-7-6-8-16(11)5-2/h10-11H,4-9H2,1-3H3,(H,14,17)(H,15,18)/t10-,11+/m1/s1. The number of hydrogen-bond donors (Lipinski definition) is 2. The molecule has 104 valence electrons. The second-order valence-electron chi connectivity index (χ2n) is 4.92. The van der Waals surface area contributed by atoms with Crippen molar-refractivity contribution in [2.45, 2.75) is 52.1 Å². The van der Waals surface area contributed by atoms with Crippen LogP contribution < -0.4 is 10.6 Å². The van der Waals surface area contributed by atoms with E-state index in [0.717, 1.165) is 25.9 Å². The molecule has 0 aromatic rings. The molecule has 18 heavy (non-hydrogen) atoms. The molecule has 5 heteroatoms. The van der Waals surface area contributed by atoms with Crippen LogP contribution in [0.15, 0.2) is 0 Å². The minimum Gasteiger partial charge on any atom is -0.346 e. The van der Waals surface area contributed by atoms with Gasteiger partial charge in [0.2, 0.25) is 0 Å². The lowest BCUT2D eigenvalue weighted by Crippen LogP contribution is -2.47. The maximum Gasteiger partial charge on any atom is 0.309 e. The van der Waals surface area contributed by atoms with Crippen molar-refractivity contribution in [3.8, 4) is 0 Å².